The van der Waals surface area contributed by atoms with Gasteiger partial charge < -0.3 is 5.11 Å². The molecule has 1 aromatic rings. The number of carbonyl (C=O) groups is 1. The van der Waals surface area contributed by atoms with Crippen molar-refractivity contribution in [1.29, 1.82) is 0 Å². The molecule has 0 aliphatic rings. The van der Waals surface area contributed by atoms with E-state index in [4.69, 9.17) is 0 Å². The van der Waals surface area contributed by atoms with Crippen LogP contribution in [0, 0.1) is 0 Å². The van der Waals surface area contributed by atoms with Crippen LogP contribution in [-0.2, 0) is 5.60 Å². The number of hydrogen-bond donors (Lipinski definition) is 1. The third-order valence-electron chi connectivity index (χ3n) is 2.87. The van der Waals surface area contributed by atoms with Crippen molar-refractivity contribution in [3.63, 3.8) is 0 Å². The molecule has 1 N–H and O–H groups in total. The predicted octanol–water partition coefficient (Wildman–Crippen LogP) is 3.68. The first-order chi connectivity index (χ1) is 8.87. The van der Waals surface area contributed by atoms with Gasteiger partial charge in [-0.15, -0.1) is 0 Å². The van der Waals surface area contributed by atoms with Crippen LogP contribution in [-0.4, -0.2) is 23.0 Å². The van der Waals surface area contributed by atoms with Crippen molar-refractivity contribution >= 4 is 5.78 Å². The first-order valence-corrected chi connectivity index (χ1v) is 5.65. The van der Waals surface area contributed by atoms with Gasteiger partial charge >= 0.3 is 12.1 Å². The third-order valence-corrected chi connectivity index (χ3v) is 2.87. The molecule has 0 spiro atoms. The number of carbonyl (C=O) groups excluding carboxylic acids is 1. The highest BCUT2D eigenvalue weighted by atomic mass is 19.4. The first kappa shape index (κ1) is 16.6. The van der Waals surface area contributed by atoms with E-state index >= 15 is 0 Å². The maximum absolute atomic E-state index is 13.0. The second kappa shape index (κ2) is 5.12. The molecule has 0 heterocycles. The zero-order valence-electron chi connectivity index (χ0n) is 10.8. The zero-order chi connectivity index (χ0) is 15.8. The smallest absolute Gasteiger partial charge is 0.385 e. The van der Waals surface area contributed by atoms with Crippen LogP contribution in [0.25, 0.3) is 0 Å². The molecule has 0 radical (unpaired) electrons. The predicted molar refractivity (Wildman–Crippen MR) is 61.6 cm³/mol. The van der Waals surface area contributed by atoms with Gasteiger partial charge in [0.1, 0.15) is 0 Å². The van der Waals surface area contributed by atoms with Gasteiger partial charge in [-0.2, -0.15) is 22.0 Å². The summed E-state index contributed by atoms with van der Waals surface area (Å²) in [6.45, 7) is 2.07. The summed E-state index contributed by atoms with van der Waals surface area (Å²) >= 11 is 0. The Morgan fingerprint density at radius 3 is 2.20 bits per heavy atom. The molecular weight excluding hydrogens is 283 g/mol. The molecular formula is C13H13F5O2. The summed E-state index contributed by atoms with van der Waals surface area (Å²) in [5.41, 5.74) is -2.46. The Kier molecular flexibility index (Phi) is 4.24. The Morgan fingerprint density at radius 2 is 1.75 bits per heavy atom. The number of ketones is 1. The van der Waals surface area contributed by atoms with Crippen LogP contribution >= 0.6 is 0 Å². The van der Waals surface area contributed by atoms with Crippen molar-refractivity contribution in [2.24, 2.45) is 0 Å². The van der Waals surface area contributed by atoms with E-state index in [0.717, 1.165) is 13.0 Å². The van der Waals surface area contributed by atoms with Crippen LogP contribution in [0.5, 0.6) is 0 Å². The molecule has 1 rings (SSSR count). The second-order valence-electron chi connectivity index (χ2n) is 4.79. The number of aliphatic hydroxyl groups is 1. The number of alkyl halides is 5. The fraction of sp³-hybridized carbons (Fsp3) is 0.462. The van der Waals surface area contributed by atoms with Gasteiger partial charge in [-0.05, 0) is 25.5 Å². The highest BCUT2D eigenvalue weighted by molar-refractivity contribution is 5.94. The molecule has 0 amide bonds. The van der Waals surface area contributed by atoms with E-state index in [1.54, 1.807) is 0 Å². The van der Waals surface area contributed by atoms with Gasteiger partial charge in [0, 0.05) is 5.56 Å². The van der Waals surface area contributed by atoms with Crippen LogP contribution in [0.3, 0.4) is 0 Å². The Balaban J connectivity index is 3.11. The Morgan fingerprint density at radius 1 is 1.20 bits per heavy atom. The van der Waals surface area contributed by atoms with E-state index in [9.17, 15) is 31.9 Å². The van der Waals surface area contributed by atoms with Crippen LogP contribution in [0.15, 0.2) is 24.3 Å². The summed E-state index contributed by atoms with van der Waals surface area (Å²) < 4.78 is 62.6. The number of benzene rings is 1. The lowest BCUT2D eigenvalue weighted by molar-refractivity contribution is -0.296. The molecule has 0 aliphatic carbocycles. The number of rotatable bonds is 4. The molecule has 0 saturated heterocycles. The third kappa shape index (κ3) is 3.53. The lowest BCUT2D eigenvalue weighted by Crippen LogP contribution is -2.42. The van der Waals surface area contributed by atoms with Crippen LogP contribution < -0.4 is 0 Å². The summed E-state index contributed by atoms with van der Waals surface area (Å²) in [4.78, 5) is 11.2. The van der Waals surface area contributed by atoms with E-state index in [-0.39, 0.29) is 16.9 Å². The summed E-state index contributed by atoms with van der Waals surface area (Å²) in [5.74, 6) is -5.41. The Labute approximate surface area is 112 Å². The molecule has 2 nitrogen and oxygen atoms in total. The zero-order valence-corrected chi connectivity index (χ0v) is 10.8. The van der Waals surface area contributed by atoms with Crippen LogP contribution in [0.1, 0.15) is 36.2 Å². The van der Waals surface area contributed by atoms with Crippen molar-refractivity contribution in [3.05, 3.63) is 35.4 Å². The normalized spacial score (nSPS) is 15.8. The Hall–Kier alpha value is -1.50. The standard InChI is InChI=1S/C13H13F5O2/c1-8(19)9-4-3-5-10(6-9)11(2,20)7-12(14,15)13(16,17)18/h3-6,20H,7H2,1-2H3. The van der Waals surface area contributed by atoms with Gasteiger partial charge in [-0.1, -0.05) is 18.2 Å². The van der Waals surface area contributed by atoms with E-state index in [1.807, 2.05) is 0 Å². The molecule has 0 fully saturated rings. The van der Waals surface area contributed by atoms with Gasteiger partial charge in [0.05, 0.1) is 12.0 Å². The Bertz CT molecular complexity index is 506. The van der Waals surface area contributed by atoms with E-state index in [1.165, 1.54) is 25.1 Å². The SMILES string of the molecule is CC(=O)c1cccc(C(C)(O)CC(F)(F)C(F)(F)F)c1. The monoisotopic (exact) mass is 296 g/mol. The molecule has 1 unspecified atom stereocenters. The number of halogens is 5. The molecule has 0 aliphatic heterocycles. The average molecular weight is 296 g/mol. The minimum atomic E-state index is -5.74. The number of hydrogen-bond acceptors (Lipinski definition) is 2. The van der Waals surface area contributed by atoms with Crippen molar-refractivity contribution in [3.8, 4) is 0 Å². The van der Waals surface area contributed by atoms with Crippen molar-refractivity contribution in [2.45, 2.75) is 38.0 Å². The molecule has 112 valence electrons. The molecule has 1 atom stereocenters. The van der Waals surface area contributed by atoms with E-state index in [2.05, 4.69) is 0 Å². The molecule has 1 aromatic carbocycles. The minimum Gasteiger partial charge on any atom is -0.385 e. The topological polar surface area (TPSA) is 37.3 Å². The lowest BCUT2D eigenvalue weighted by Gasteiger charge is -2.30. The lowest BCUT2D eigenvalue weighted by atomic mass is 9.88. The fourth-order valence-electron chi connectivity index (χ4n) is 1.71. The first-order valence-electron chi connectivity index (χ1n) is 5.65. The van der Waals surface area contributed by atoms with Gasteiger partial charge in [0.25, 0.3) is 0 Å². The van der Waals surface area contributed by atoms with Gasteiger partial charge in [0.2, 0.25) is 0 Å². The van der Waals surface area contributed by atoms with Gasteiger partial charge in [-0.25, -0.2) is 0 Å². The van der Waals surface area contributed by atoms with E-state index in [0.29, 0.717) is 0 Å². The van der Waals surface area contributed by atoms with Crippen molar-refractivity contribution < 1.29 is 31.9 Å². The van der Waals surface area contributed by atoms with Crippen molar-refractivity contribution in [1.82, 2.24) is 0 Å². The minimum absolute atomic E-state index is 0.123. The molecule has 0 aromatic heterocycles. The maximum atomic E-state index is 13.0. The number of Topliss-reactive ketones (excluding diaryl/α,β-unsaturated/α-hetero) is 1. The van der Waals surface area contributed by atoms with E-state index < -0.39 is 24.1 Å². The van der Waals surface area contributed by atoms with Crippen LogP contribution in [0.2, 0.25) is 0 Å². The highest BCUT2D eigenvalue weighted by Crippen LogP contribution is 2.43. The molecule has 0 bridgehead atoms. The average Bonchev–Trinajstić information content (AvgIpc) is 2.26. The fourth-order valence-corrected chi connectivity index (χ4v) is 1.71. The summed E-state index contributed by atoms with van der Waals surface area (Å²) in [7, 11) is 0. The summed E-state index contributed by atoms with van der Waals surface area (Å²) in [6.07, 6.45) is -7.56. The molecule has 20 heavy (non-hydrogen) atoms. The highest BCUT2D eigenvalue weighted by Gasteiger charge is 2.59. The maximum Gasteiger partial charge on any atom is 0.453 e. The van der Waals surface area contributed by atoms with Crippen LogP contribution in [0.4, 0.5) is 22.0 Å². The van der Waals surface area contributed by atoms with Gasteiger partial charge in [-0.3, -0.25) is 4.79 Å². The second-order valence-corrected chi connectivity index (χ2v) is 4.79. The van der Waals surface area contributed by atoms with Gasteiger partial charge in [0.15, 0.2) is 5.78 Å². The quantitative estimate of drug-likeness (QED) is 0.679. The largest absolute Gasteiger partial charge is 0.453 e. The summed E-state index contributed by atoms with van der Waals surface area (Å²) in [6, 6.07) is 4.99. The summed E-state index contributed by atoms with van der Waals surface area (Å²) in [5, 5.41) is 9.90. The van der Waals surface area contributed by atoms with Crippen molar-refractivity contribution in [2.75, 3.05) is 0 Å². The molecule has 7 heteroatoms. The molecule has 0 saturated carbocycles.